The van der Waals surface area contributed by atoms with Crippen LogP contribution in [0.5, 0.6) is 0 Å². The van der Waals surface area contributed by atoms with E-state index in [4.69, 9.17) is 0 Å². The van der Waals surface area contributed by atoms with E-state index in [-0.39, 0.29) is 0 Å². The summed E-state index contributed by atoms with van der Waals surface area (Å²) in [6.07, 6.45) is 16.1. The fourth-order valence-electron chi connectivity index (χ4n) is 3.83. The molecule has 4 aliphatic rings. The molecule has 0 saturated heterocycles. The summed E-state index contributed by atoms with van der Waals surface area (Å²) in [5, 5.41) is 4.44. The van der Waals surface area contributed by atoms with Gasteiger partial charge in [-0.25, -0.2) is 19.9 Å². The van der Waals surface area contributed by atoms with Crippen molar-refractivity contribution in [3.63, 3.8) is 0 Å². The van der Waals surface area contributed by atoms with Gasteiger partial charge in [0.15, 0.2) is 0 Å². The number of aromatic nitrogens is 4. The highest BCUT2D eigenvalue weighted by Gasteiger charge is 1.94. The molecule has 0 aliphatic carbocycles. The molecule has 172 valence electrons. The molecular formula is C28H16N4S4. The van der Waals surface area contributed by atoms with Crippen LogP contribution in [0.3, 0.4) is 0 Å². The van der Waals surface area contributed by atoms with Gasteiger partial charge in [0.25, 0.3) is 0 Å². The van der Waals surface area contributed by atoms with Gasteiger partial charge in [-0.05, 0) is 24.3 Å². The second kappa shape index (κ2) is 9.15. The maximum Gasteiger partial charge on any atom is 0.123 e. The summed E-state index contributed by atoms with van der Waals surface area (Å²) in [4.78, 5) is 18.6. The Bertz CT molecular complexity index is 2010. The number of hydrogen-bond acceptors (Lipinski definition) is 8. The van der Waals surface area contributed by atoms with E-state index in [0.29, 0.717) is 0 Å². The van der Waals surface area contributed by atoms with E-state index in [2.05, 4.69) is 92.8 Å². The van der Waals surface area contributed by atoms with Crippen LogP contribution in [-0.4, -0.2) is 19.9 Å². The Morgan fingerprint density at radius 2 is 0.556 bits per heavy atom. The van der Waals surface area contributed by atoms with Crippen LogP contribution in [0.4, 0.5) is 0 Å². The fourth-order valence-corrected chi connectivity index (χ4v) is 7.12. The Hall–Kier alpha value is -3.56. The zero-order chi connectivity index (χ0) is 23.9. The number of nitrogens with zero attached hydrogens (tertiary/aromatic N) is 4. The molecule has 0 amide bonds. The molecule has 0 radical (unpaired) electrons. The van der Waals surface area contributed by atoms with Gasteiger partial charge in [-0.2, -0.15) is 0 Å². The first-order chi connectivity index (χ1) is 17.8. The number of rotatable bonds is 0. The van der Waals surface area contributed by atoms with Crippen LogP contribution in [0.2, 0.25) is 0 Å². The van der Waals surface area contributed by atoms with Crippen molar-refractivity contribution in [3.8, 4) is 0 Å². The van der Waals surface area contributed by atoms with Gasteiger partial charge in [0, 0.05) is 63.8 Å². The van der Waals surface area contributed by atoms with Gasteiger partial charge in [-0.15, -0.1) is 45.3 Å². The molecular weight excluding hydrogens is 521 g/mol. The highest BCUT2D eigenvalue weighted by atomic mass is 32.1. The van der Waals surface area contributed by atoms with Crippen LogP contribution in [0.15, 0.2) is 73.3 Å². The van der Waals surface area contributed by atoms with Gasteiger partial charge in [-0.1, -0.05) is 48.5 Å². The summed E-state index contributed by atoms with van der Waals surface area (Å²) in [6, 6.07) is 17.0. The van der Waals surface area contributed by atoms with Crippen molar-refractivity contribution in [3.05, 3.63) is 131 Å². The van der Waals surface area contributed by atoms with Crippen molar-refractivity contribution in [2.24, 2.45) is 0 Å². The molecule has 0 fully saturated rings. The van der Waals surface area contributed by atoms with Crippen LogP contribution in [-0.2, 0) is 0 Å². The molecule has 36 heavy (non-hydrogen) atoms. The van der Waals surface area contributed by atoms with Crippen molar-refractivity contribution in [2.75, 3.05) is 0 Å². The first-order valence-electron chi connectivity index (χ1n) is 11.2. The van der Waals surface area contributed by atoms with Crippen molar-refractivity contribution in [1.82, 2.24) is 19.9 Å². The molecule has 4 nitrogen and oxygen atoms in total. The Morgan fingerprint density at radius 1 is 0.333 bits per heavy atom. The average Bonchev–Trinajstić information content (AvgIpc) is 3.73. The van der Waals surface area contributed by atoms with Crippen molar-refractivity contribution >= 4 is 69.7 Å². The van der Waals surface area contributed by atoms with Crippen LogP contribution < -0.4 is 18.1 Å². The summed E-state index contributed by atoms with van der Waals surface area (Å²) < 4.78 is 8.48. The van der Waals surface area contributed by atoms with E-state index in [9.17, 15) is 0 Å². The van der Waals surface area contributed by atoms with E-state index in [1.807, 2.05) is 24.8 Å². The van der Waals surface area contributed by atoms with Crippen LogP contribution >= 0.6 is 45.3 Å². The molecule has 6 aromatic rings. The minimum absolute atomic E-state index is 1.01. The Morgan fingerprint density at radius 3 is 0.778 bits per heavy atom. The third-order valence-corrected chi connectivity index (χ3v) is 9.72. The number of benzene rings is 2. The summed E-state index contributed by atoms with van der Waals surface area (Å²) >= 11 is 6.73. The predicted molar refractivity (Wildman–Crippen MR) is 148 cm³/mol. The predicted octanol–water partition coefficient (Wildman–Crippen LogP) is 3.50. The zero-order valence-corrected chi connectivity index (χ0v) is 21.9. The quantitative estimate of drug-likeness (QED) is 0.298. The van der Waals surface area contributed by atoms with Gasteiger partial charge >= 0.3 is 0 Å². The standard InChI is InChI=1S/C28H16N4S4/c1-2-18-4-3-17(1)25-29-13-21(33-25)9-10-23-15-31-27(35-23)19-5-7-20(8-6-19)28-32-16-24(36-28)12-11-22-14-30-26(18)34-22/h1-16H/b10-9?,12-11?,21-9-,22-11-,23-10-,24-12?,25-17?,26-18?,27-19?,28-20?. The van der Waals surface area contributed by atoms with Crippen molar-refractivity contribution < 1.29 is 0 Å². The first-order valence-corrected chi connectivity index (χ1v) is 14.4. The minimum atomic E-state index is 1.01. The number of hydrogen-bond donors (Lipinski definition) is 0. The molecule has 0 unspecified atom stereocenters. The maximum atomic E-state index is 4.64. The molecule has 12 bridgehead atoms. The van der Waals surface area contributed by atoms with E-state index in [1.54, 1.807) is 45.3 Å². The summed E-state index contributed by atoms with van der Waals surface area (Å²) in [5.41, 5.74) is 0. The lowest BCUT2D eigenvalue weighted by Crippen LogP contribution is -1.91. The van der Waals surface area contributed by atoms with Crippen molar-refractivity contribution in [2.45, 2.75) is 0 Å². The van der Waals surface area contributed by atoms with Crippen LogP contribution in [0.25, 0.3) is 24.3 Å². The molecule has 0 saturated carbocycles. The second-order valence-electron chi connectivity index (χ2n) is 8.09. The molecule has 2 aromatic carbocycles. The Labute approximate surface area is 219 Å². The SMILES string of the molecule is C1=c2cnc(s2)=c2ccc(cc2)=c2nc/c(s2)=C/C=c2/cnc(s2)=c2ccc(cc2)=c2nc/c(s2)=C/1. The van der Waals surface area contributed by atoms with Crippen LogP contribution in [0.1, 0.15) is 0 Å². The highest BCUT2D eigenvalue weighted by Crippen LogP contribution is 2.04. The fraction of sp³-hybridized carbons (Fsp3) is 0. The van der Waals surface area contributed by atoms with Gasteiger partial charge in [0.2, 0.25) is 0 Å². The third kappa shape index (κ3) is 4.29. The monoisotopic (exact) mass is 536 g/mol. The van der Waals surface area contributed by atoms with Crippen molar-refractivity contribution in [1.29, 1.82) is 0 Å². The molecule has 0 atom stereocenters. The van der Waals surface area contributed by atoms with Crippen LogP contribution in [0, 0.1) is 39.5 Å². The van der Waals surface area contributed by atoms with Gasteiger partial charge in [0.1, 0.15) is 18.7 Å². The highest BCUT2D eigenvalue weighted by molar-refractivity contribution is 7.08. The summed E-state index contributed by atoms with van der Waals surface area (Å²) in [6.45, 7) is 0. The molecule has 0 spiro atoms. The lowest BCUT2D eigenvalue weighted by molar-refractivity contribution is 1.29. The first kappa shape index (κ1) is 21.7. The summed E-state index contributed by atoms with van der Waals surface area (Å²) in [7, 11) is 0. The average molecular weight is 537 g/mol. The molecule has 8 heterocycles. The van der Waals surface area contributed by atoms with Gasteiger partial charge < -0.3 is 0 Å². The lowest BCUT2D eigenvalue weighted by Gasteiger charge is -1.85. The van der Waals surface area contributed by atoms with E-state index >= 15 is 0 Å². The summed E-state index contributed by atoms with van der Waals surface area (Å²) in [5.74, 6) is 0. The topological polar surface area (TPSA) is 51.6 Å². The second-order valence-corrected chi connectivity index (χ2v) is 12.3. The van der Waals surface area contributed by atoms with Gasteiger partial charge in [0.05, 0.1) is 0 Å². The normalized spacial score (nSPS) is 15.1. The lowest BCUT2D eigenvalue weighted by atomic mass is 10.3. The molecule has 4 aliphatic heterocycles. The Balaban J connectivity index is 1.54. The molecule has 0 N–H and O–H groups in total. The maximum absolute atomic E-state index is 4.64. The third-order valence-electron chi connectivity index (χ3n) is 5.68. The minimum Gasteiger partial charge on any atom is -0.244 e. The van der Waals surface area contributed by atoms with E-state index < -0.39 is 0 Å². The van der Waals surface area contributed by atoms with Gasteiger partial charge in [-0.3, -0.25) is 0 Å². The largest absolute Gasteiger partial charge is 0.244 e. The van der Waals surface area contributed by atoms with E-state index in [1.165, 1.54) is 0 Å². The molecule has 4 aromatic heterocycles. The smallest absolute Gasteiger partial charge is 0.123 e. The zero-order valence-electron chi connectivity index (χ0n) is 18.7. The number of thiazole rings is 4. The molecule has 8 heteroatoms. The molecule has 10 rings (SSSR count). The Kier molecular flexibility index (Phi) is 5.51. The van der Waals surface area contributed by atoms with E-state index in [0.717, 1.165) is 57.7 Å².